The Bertz CT molecular complexity index is 1010. The number of aromatic nitrogens is 4. The van der Waals surface area contributed by atoms with Crippen molar-refractivity contribution >= 4 is 35.0 Å². The smallest absolute Gasteiger partial charge is 0.234 e. The van der Waals surface area contributed by atoms with Crippen molar-refractivity contribution in [2.75, 3.05) is 23.6 Å². The average Bonchev–Trinajstić information content (AvgIpc) is 3.26. The number of fused-ring (bicyclic) bond motifs is 2. The van der Waals surface area contributed by atoms with Crippen molar-refractivity contribution in [3.63, 3.8) is 0 Å². The molecule has 2 aromatic heterocycles. The normalized spacial score (nSPS) is 12.5. The molecular weight excluding hydrogens is 368 g/mol. The number of benzene rings is 1. The summed E-state index contributed by atoms with van der Waals surface area (Å²) in [5.74, 6) is 1.59. The van der Waals surface area contributed by atoms with Crippen LogP contribution in [0.15, 0.2) is 29.4 Å². The van der Waals surface area contributed by atoms with Crippen LogP contribution in [0.1, 0.15) is 19.0 Å². The first-order valence-corrected chi connectivity index (χ1v) is 9.45. The highest BCUT2D eigenvalue weighted by molar-refractivity contribution is 7.99. The van der Waals surface area contributed by atoms with Crippen LogP contribution in [0.2, 0.25) is 0 Å². The van der Waals surface area contributed by atoms with Gasteiger partial charge in [0.25, 0.3) is 0 Å². The third-order valence-corrected chi connectivity index (χ3v) is 4.87. The van der Waals surface area contributed by atoms with Gasteiger partial charge in [-0.25, -0.2) is 9.38 Å². The van der Waals surface area contributed by atoms with E-state index in [2.05, 4.69) is 27.4 Å². The van der Waals surface area contributed by atoms with Gasteiger partial charge in [0.2, 0.25) is 18.6 Å². The summed E-state index contributed by atoms with van der Waals surface area (Å²) >= 11 is 1.24. The second-order valence-corrected chi connectivity index (χ2v) is 6.88. The van der Waals surface area contributed by atoms with Gasteiger partial charge in [0, 0.05) is 23.5 Å². The molecule has 3 N–H and O–H groups in total. The maximum atomic E-state index is 12.3. The van der Waals surface area contributed by atoms with E-state index in [1.165, 1.54) is 11.8 Å². The number of carbonyl (C=O) groups excluding carboxylic acids is 1. The molecule has 1 amide bonds. The lowest BCUT2D eigenvalue weighted by Gasteiger charge is -2.07. The molecular formula is C17H18N6O3S. The zero-order valence-corrected chi connectivity index (χ0v) is 15.5. The summed E-state index contributed by atoms with van der Waals surface area (Å²) in [6, 6.07) is 7.12. The van der Waals surface area contributed by atoms with Gasteiger partial charge in [0.15, 0.2) is 22.3 Å². The Labute approximate surface area is 159 Å². The van der Waals surface area contributed by atoms with Gasteiger partial charge in [-0.1, -0.05) is 25.1 Å². The van der Waals surface area contributed by atoms with Gasteiger partial charge in [-0.2, -0.15) is 0 Å². The predicted octanol–water partition coefficient (Wildman–Crippen LogP) is 2.12. The van der Waals surface area contributed by atoms with Crippen molar-refractivity contribution in [2.24, 2.45) is 0 Å². The summed E-state index contributed by atoms with van der Waals surface area (Å²) in [5, 5.41) is 11.6. The molecule has 3 heterocycles. The third kappa shape index (κ3) is 3.61. The first-order valence-electron chi connectivity index (χ1n) is 8.47. The van der Waals surface area contributed by atoms with Gasteiger partial charge in [-0.05, 0) is 18.6 Å². The highest BCUT2D eigenvalue weighted by Crippen LogP contribution is 2.34. The zero-order valence-electron chi connectivity index (χ0n) is 14.6. The van der Waals surface area contributed by atoms with Crippen molar-refractivity contribution < 1.29 is 14.3 Å². The Morgan fingerprint density at radius 1 is 1.30 bits per heavy atom. The summed E-state index contributed by atoms with van der Waals surface area (Å²) in [4.78, 5) is 16.6. The number of nitrogen functional groups attached to an aromatic ring is 1. The Kier molecular flexibility index (Phi) is 4.71. The number of ether oxygens (including phenoxy) is 2. The molecule has 0 saturated heterocycles. The highest BCUT2D eigenvalue weighted by Gasteiger charge is 2.16. The quantitative estimate of drug-likeness (QED) is 0.619. The van der Waals surface area contributed by atoms with Crippen molar-refractivity contribution in [1.82, 2.24) is 19.6 Å². The van der Waals surface area contributed by atoms with E-state index in [1.807, 2.05) is 6.07 Å². The molecule has 0 aliphatic carbocycles. The molecule has 1 aliphatic heterocycles. The number of anilines is 2. The molecule has 1 aromatic carbocycles. The fourth-order valence-electron chi connectivity index (χ4n) is 2.75. The molecule has 10 heteroatoms. The van der Waals surface area contributed by atoms with Crippen LogP contribution in [0.5, 0.6) is 11.5 Å². The Morgan fingerprint density at radius 2 is 2.15 bits per heavy atom. The highest BCUT2D eigenvalue weighted by atomic mass is 32.2. The molecule has 9 nitrogen and oxygen atoms in total. The third-order valence-electron chi connectivity index (χ3n) is 3.94. The first-order chi connectivity index (χ1) is 13.1. The number of nitrogens with two attached hydrogens (primary N) is 1. The van der Waals surface area contributed by atoms with E-state index in [1.54, 1.807) is 22.6 Å². The summed E-state index contributed by atoms with van der Waals surface area (Å²) < 4.78 is 12.2. The molecule has 27 heavy (non-hydrogen) atoms. The van der Waals surface area contributed by atoms with Crippen LogP contribution < -0.4 is 20.5 Å². The maximum Gasteiger partial charge on any atom is 0.234 e. The van der Waals surface area contributed by atoms with Crippen molar-refractivity contribution in [1.29, 1.82) is 0 Å². The summed E-state index contributed by atoms with van der Waals surface area (Å²) in [5.41, 5.74) is 8.20. The first kappa shape index (κ1) is 17.4. The number of rotatable bonds is 6. The number of hydrogen-bond donors (Lipinski definition) is 2. The lowest BCUT2D eigenvalue weighted by atomic mass is 10.2. The summed E-state index contributed by atoms with van der Waals surface area (Å²) in [7, 11) is 0. The minimum absolute atomic E-state index is 0.158. The largest absolute Gasteiger partial charge is 0.454 e. The minimum atomic E-state index is -0.176. The van der Waals surface area contributed by atoms with Gasteiger partial charge in [0.05, 0.1) is 5.75 Å². The molecule has 3 aromatic rings. The van der Waals surface area contributed by atoms with Crippen LogP contribution >= 0.6 is 11.8 Å². The number of aryl methyl sites for hydroxylation is 1. The van der Waals surface area contributed by atoms with Gasteiger partial charge >= 0.3 is 0 Å². The van der Waals surface area contributed by atoms with Gasteiger partial charge in [-0.15, -0.1) is 10.2 Å². The van der Waals surface area contributed by atoms with Gasteiger partial charge in [-0.3, -0.25) is 4.79 Å². The Balaban J connectivity index is 1.43. The lowest BCUT2D eigenvalue weighted by Crippen LogP contribution is -2.14. The van der Waals surface area contributed by atoms with Crippen LogP contribution in [-0.4, -0.2) is 38.0 Å². The second-order valence-electron chi connectivity index (χ2n) is 5.94. The number of amides is 1. The zero-order chi connectivity index (χ0) is 18.8. The van der Waals surface area contributed by atoms with Crippen LogP contribution in [0.25, 0.3) is 5.65 Å². The molecule has 1 aliphatic rings. The van der Waals surface area contributed by atoms with Gasteiger partial charge in [0.1, 0.15) is 0 Å². The molecule has 0 spiro atoms. The maximum absolute atomic E-state index is 12.3. The standard InChI is InChI=1S/C17H18N6O3S/c1-2-3-10-7-14-21-22-17(23(14)16(18)20-10)27-8-15(24)19-11-4-5-12-13(6-11)26-9-25-12/h4-7H,2-3,8-9H2,1H3,(H2,18,20)(H,19,24). The average molecular weight is 386 g/mol. The van der Waals surface area contributed by atoms with Crippen molar-refractivity contribution in [3.8, 4) is 11.5 Å². The predicted molar refractivity (Wildman–Crippen MR) is 101 cm³/mol. The topological polar surface area (TPSA) is 117 Å². The molecule has 4 rings (SSSR count). The van der Waals surface area contributed by atoms with E-state index >= 15 is 0 Å². The van der Waals surface area contributed by atoms with E-state index in [4.69, 9.17) is 15.2 Å². The Hall–Kier alpha value is -3.01. The fraction of sp³-hybridized carbons (Fsp3) is 0.294. The SMILES string of the molecule is CCCc1cc2nnc(SCC(=O)Nc3ccc4c(c3)OCO4)n2c(N)n1. The molecule has 0 fully saturated rings. The molecule has 0 radical (unpaired) electrons. The van der Waals surface area contributed by atoms with E-state index in [9.17, 15) is 4.79 Å². The number of hydrogen-bond acceptors (Lipinski definition) is 8. The van der Waals surface area contributed by atoms with E-state index in [-0.39, 0.29) is 18.5 Å². The van der Waals surface area contributed by atoms with Crippen LogP contribution in [-0.2, 0) is 11.2 Å². The van der Waals surface area contributed by atoms with Crippen LogP contribution in [0, 0.1) is 0 Å². The molecule has 140 valence electrons. The molecule has 0 saturated carbocycles. The molecule has 0 atom stereocenters. The van der Waals surface area contributed by atoms with E-state index in [0.717, 1.165) is 18.5 Å². The van der Waals surface area contributed by atoms with E-state index in [0.29, 0.717) is 33.9 Å². The van der Waals surface area contributed by atoms with Crippen LogP contribution in [0.3, 0.4) is 0 Å². The minimum Gasteiger partial charge on any atom is -0.454 e. The monoisotopic (exact) mass is 386 g/mol. The number of thioether (sulfide) groups is 1. The van der Waals surface area contributed by atoms with Crippen molar-refractivity contribution in [2.45, 2.75) is 24.9 Å². The number of nitrogens with zero attached hydrogens (tertiary/aromatic N) is 4. The Morgan fingerprint density at radius 3 is 3.00 bits per heavy atom. The van der Waals surface area contributed by atoms with Crippen molar-refractivity contribution in [3.05, 3.63) is 30.0 Å². The molecule has 0 bridgehead atoms. The lowest BCUT2D eigenvalue weighted by molar-refractivity contribution is -0.113. The molecule has 0 unspecified atom stereocenters. The summed E-state index contributed by atoms with van der Waals surface area (Å²) in [6.45, 7) is 2.27. The second kappa shape index (κ2) is 7.31. The summed E-state index contributed by atoms with van der Waals surface area (Å²) in [6.07, 6.45) is 1.80. The fourth-order valence-corrected chi connectivity index (χ4v) is 3.49. The number of carbonyl (C=O) groups is 1. The van der Waals surface area contributed by atoms with E-state index < -0.39 is 0 Å². The van der Waals surface area contributed by atoms with Gasteiger partial charge < -0.3 is 20.5 Å². The number of nitrogens with one attached hydrogen (secondary N) is 1. The van der Waals surface area contributed by atoms with Crippen LogP contribution in [0.4, 0.5) is 11.6 Å².